The van der Waals surface area contributed by atoms with Crippen molar-refractivity contribution >= 4 is 0 Å². The molecule has 0 saturated carbocycles. The van der Waals surface area contributed by atoms with Crippen LogP contribution in [-0.4, -0.2) is 6.54 Å². The monoisotopic (exact) mass is 279 g/mol. The fourth-order valence-electron chi connectivity index (χ4n) is 2.88. The highest BCUT2D eigenvalue weighted by Crippen LogP contribution is 2.30. The normalized spacial score (nSPS) is 12.9. The number of benzene rings is 1. The molecule has 0 bridgehead atoms. The number of hydrogen-bond donors (Lipinski definition) is 1. The van der Waals surface area contributed by atoms with E-state index in [1.807, 2.05) is 13.0 Å². The molecular weight excluding hydrogens is 249 g/mol. The lowest BCUT2D eigenvalue weighted by molar-refractivity contribution is 0.315. The Hall–Kier alpha value is -0.890. The van der Waals surface area contributed by atoms with Gasteiger partial charge in [0.1, 0.15) is 5.82 Å². The van der Waals surface area contributed by atoms with Crippen LogP contribution >= 0.6 is 0 Å². The largest absolute Gasteiger partial charge is 0.310 e. The summed E-state index contributed by atoms with van der Waals surface area (Å²) >= 11 is 0. The summed E-state index contributed by atoms with van der Waals surface area (Å²) in [5.74, 6) is 0.510. The molecule has 1 atom stereocenters. The quantitative estimate of drug-likeness (QED) is 0.639. The van der Waals surface area contributed by atoms with Gasteiger partial charge in [0.15, 0.2) is 0 Å². The highest BCUT2D eigenvalue weighted by molar-refractivity contribution is 5.26. The lowest BCUT2D eigenvalue weighted by Crippen LogP contribution is -2.29. The number of halogens is 1. The van der Waals surface area contributed by atoms with Crippen LogP contribution in [0.4, 0.5) is 4.39 Å². The molecule has 0 aliphatic heterocycles. The van der Waals surface area contributed by atoms with Crippen molar-refractivity contribution in [3.05, 3.63) is 35.1 Å². The van der Waals surface area contributed by atoms with Crippen LogP contribution in [0.5, 0.6) is 0 Å². The molecule has 1 rings (SSSR count). The smallest absolute Gasteiger partial charge is 0.126 e. The van der Waals surface area contributed by atoms with Crippen molar-refractivity contribution in [3.8, 4) is 0 Å². The van der Waals surface area contributed by atoms with E-state index in [0.717, 1.165) is 24.1 Å². The fourth-order valence-corrected chi connectivity index (χ4v) is 2.88. The highest BCUT2D eigenvalue weighted by atomic mass is 19.1. The van der Waals surface area contributed by atoms with Gasteiger partial charge in [0.2, 0.25) is 0 Å². The molecule has 0 fully saturated rings. The molecule has 2 heteroatoms. The Morgan fingerprint density at radius 3 is 2.20 bits per heavy atom. The summed E-state index contributed by atoms with van der Waals surface area (Å²) in [7, 11) is 0. The molecule has 0 heterocycles. The van der Waals surface area contributed by atoms with Crippen LogP contribution in [-0.2, 0) is 0 Å². The van der Waals surface area contributed by atoms with E-state index in [-0.39, 0.29) is 11.9 Å². The van der Waals surface area contributed by atoms with Gasteiger partial charge in [-0.3, -0.25) is 0 Å². The Labute approximate surface area is 124 Å². The van der Waals surface area contributed by atoms with E-state index in [1.165, 1.54) is 25.7 Å². The van der Waals surface area contributed by atoms with E-state index in [2.05, 4.69) is 32.2 Å². The van der Waals surface area contributed by atoms with Crippen molar-refractivity contribution in [2.75, 3.05) is 6.54 Å². The second kappa shape index (κ2) is 9.12. The molecule has 0 aliphatic carbocycles. The van der Waals surface area contributed by atoms with Gasteiger partial charge in [-0.1, -0.05) is 45.7 Å². The van der Waals surface area contributed by atoms with Gasteiger partial charge in [0, 0.05) is 6.04 Å². The Morgan fingerprint density at radius 2 is 1.70 bits per heavy atom. The van der Waals surface area contributed by atoms with Crippen LogP contribution in [0.25, 0.3) is 0 Å². The number of nitrogens with one attached hydrogen (secondary N) is 1. The predicted octanol–water partition coefficient (Wildman–Crippen LogP) is 5.39. The number of hydrogen-bond acceptors (Lipinski definition) is 1. The zero-order valence-electron chi connectivity index (χ0n) is 13.5. The van der Waals surface area contributed by atoms with Gasteiger partial charge in [-0.15, -0.1) is 0 Å². The standard InChI is InChI=1S/C18H30FN/c1-5-8-15(9-6-2)18(20-12-7-3)16-11-10-14(4)17(19)13-16/h10-11,13,15,18,20H,5-9,12H2,1-4H3. The summed E-state index contributed by atoms with van der Waals surface area (Å²) in [4.78, 5) is 0. The molecule has 1 nitrogen and oxygen atoms in total. The number of rotatable bonds is 9. The highest BCUT2D eigenvalue weighted by Gasteiger charge is 2.22. The second-order valence-electron chi connectivity index (χ2n) is 5.78. The first kappa shape index (κ1) is 17.2. The van der Waals surface area contributed by atoms with E-state index in [1.54, 1.807) is 6.07 Å². The van der Waals surface area contributed by atoms with Crippen LogP contribution in [0.2, 0.25) is 0 Å². The molecule has 0 amide bonds. The van der Waals surface area contributed by atoms with Crippen molar-refractivity contribution in [2.24, 2.45) is 5.92 Å². The van der Waals surface area contributed by atoms with Gasteiger partial charge in [-0.25, -0.2) is 4.39 Å². The first-order chi connectivity index (χ1) is 9.63. The molecule has 1 N–H and O–H groups in total. The molecule has 0 radical (unpaired) electrons. The average molecular weight is 279 g/mol. The van der Waals surface area contributed by atoms with E-state index >= 15 is 0 Å². The summed E-state index contributed by atoms with van der Waals surface area (Å²) in [5, 5.41) is 3.64. The third kappa shape index (κ3) is 4.90. The lowest BCUT2D eigenvalue weighted by Gasteiger charge is -2.28. The third-order valence-corrected chi connectivity index (χ3v) is 3.96. The van der Waals surface area contributed by atoms with Crippen molar-refractivity contribution in [1.82, 2.24) is 5.32 Å². The topological polar surface area (TPSA) is 12.0 Å². The van der Waals surface area contributed by atoms with Crippen molar-refractivity contribution in [2.45, 2.75) is 65.8 Å². The molecule has 0 aliphatic rings. The summed E-state index contributed by atoms with van der Waals surface area (Å²) in [6.45, 7) is 9.45. The molecule has 0 saturated heterocycles. The van der Waals surface area contributed by atoms with Crippen LogP contribution in [0, 0.1) is 18.7 Å². The van der Waals surface area contributed by atoms with Gasteiger partial charge in [-0.2, -0.15) is 0 Å². The van der Waals surface area contributed by atoms with Crippen LogP contribution < -0.4 is 5.32 Å². The molecule has 0 spiro atoms. The molecule has 114 valence electrons. The minimum Gasteiger partial charge on any atom is -0.310 e. The van der Waals surface area contributed by atoms with Gasteiger partial charge in [-0.05, 0) is 55.8 Å². The third-order valence-electron chi connectivity index (χ3n) is 3.96. The minimum absolute atomic E-state index is 0.0856. The molecule has 1 aromatic carbocycles. The van der Waals surface area contributed by atoms with Gasteiger partial charge < -0.3 is 5.32 Å². The summed E-state index contributed by atoms with van der Waals surface area (Å²) in [6.07, 6.45) is 5.87. The fraction of sp³-hybridized carbons (Fsp3) is 0.667. The number of aryl methyl sites for hydroxylation is 1. The maximum absolute atomic E-state index is 13.9. The Morgan fingerprint density at radius 1 is 1.05 bits per heavy atom. The molecule has 20 heavy (non-hydrogen) atoms. The van der Waals surface area contributed by atoms with E-state index < -0.39 is 0 Å². The molecular formula is C18H30FN. The summed E-state index contributed by atoms with van der Waals surface area (Å²) in [6, 6.07) is 6.00. The summed E-state index contributed by atoms with van der Waals surface area (Å²) in [5.41, 5.74) is 1.83. The van der Waals surface area contributed by atoms with E-state index in [0.29, 0.717) is 5.92 Å². The average Bonchev–Trinajstić information content (AvgIpc) is 2.43. The maximum Gasteiger partial charge on any atom is 0.126 e. The predicted molar refractivity (Wildman–Crippen MR) is 85.5 cm³/mol. The van der Waals surface area contributed by atoms with Gasteiger partial charge in [0.25, 0.3) is 0 Å². The van der Waals surface area contributed by atoms with Crippen LogP contribution in [0.15, 0.2) is 18.2 Å². The van der Waals surface area contributed by atoms with Crippen LogP contribution in [0.1, 0.15) is 70.0 Å². The Bertz CT molecular complexity index is 383. The van der Waals surface area contributed by atoms with Crippen molar-refractivity contribution < 1.29 is 4.39 Å². The van der Waals surface area contributed by atoms with Crippen molar-refractivity contribution in [3.63, 3.8) is 0 Å². The molecule has 1 aromatic rings. The first-order valence-electron chi connectivity index (χ1n) is 8.13. The molecule has 0 aromatic heterocycles. The zero-order valence-corrected chi connectivity index (χ0v) is 13.5. The maximum atomic E-state index is 13.9. The van der Waals surface area contributed by atoms with E-state index in [4.69, 9.17) is 0 Å². The second-order valence-corrected chi connectivity index (χ2v) is 5.78. The Kier molecular flexibility index (Phi) is 7.83. The van der Waals surface area contributed by atoms with Gasteiger partial charge >= 0.3 is 0 Å². The Balaban J connectivity index is 2.98. The van der Waals surface area contributed by atoms with E-state index in [9.17, 15) is 4.39 Å². The lowest BCUT2D eigenvalue weighted by atomic mass is 9.85. The minimum atomic E-state index is -0.0856. The SMILES string of the molecule is CCCNC(c1ccc(C)c(F)c1)C(CCC)CCC. The molecule has 1 unspecified atom stereocenters. The van der Waals surface area contributed by atoms with Crippen molar-refractivity contribution in [1.29, 1.82) is 0 Å². The zero-order chi connectivity index (χ0) is 15.0. The van der Waals surface area contributed by atoms with Crippen LogP contribution in [0.3, 0.4) is 0 Å². The summed E-state index contributed by atoms with van der Waals surface area (Å²) < 4.78 is 13.9. The van der Waals surface area contributed by atoms with Gasteiger partial charge in [0.05, 0.1) is 0 Å². The first-order valence-corrected chi connectivity index (χ1v) is 8.13.